The van der Waals surface area contributed by atoms with Crippen LogP contribution in [0.15, 0.2) is 4.99 Å². The van der Waals surface area contributed by atoms with Crippen LogP contribution in [0.5, 0.6) is 0 Å². The first-order valence-electron chi connectivity index (χ1n) is 12.6. The third-order valence-electron chi connectivity index (χ3n) is 7.57. The number of amides is 1. The average Bonchev–Trinajstić information content (AvgIpc) is 2.78. The number of rotatable bonds is 6. The molecule has 31 heavy (non-hydrogen) atoms. The third-order valence-corrected chi connectivity index (χ3v) is 7.57. The van der Waals surface area contributed by atoms with Crippen molar-refractivity contribution >= 4 is 11.9 Å². The summed E-state index contributed by atoms with van der Waals surface area (Å²) in [6.07, 6.45) is 10.5. The van der Waals surface area contributed by atoms with Gasteiger partial charge in [0.25, 0.3) is 0 Å². The number of nitrogens with zero attached hydrogens (tertiary/aromatic N) is 3. The van der Waals surface area contributed by atoms with Gasteiger partial charge in [0.2, 0.25) is 5.91 Å². The van der Waals surface area contributed by atoms with Gasteiger partial charge in [0, 0.05) is 37.1 Å². The van der Waals surface area contributed by atoms with E-state index in [9.17, 15) is 4.79 Å². The van der Waals surface area contributed by atoms with Gasteiger partial charge in [0.05, 0.1) is 0 Å². The molecule has 1 saturated carbocycles. The van der Waals surface area contributed by atoms with Crippen LogP contribution in [-0.2, 0) is 4.79 Å². The molecule has 2 saturated heterocycles. The Bertz CT molecular complexity index is 593. The van der Waals surface area contributed by atoms with Crippen LogP contribution in [0.4, 0.5) is 0 Å². The minimum absolute atomic E-state index is 0.111. The molecule has 7 nitrogen and oxygen atoms in total. The topological polar surface area (TPSA) is 72.0 Å². The number of piperidine rings is 2. The fourth-order valence-corrected chi connectivity index (χ4v) is 5.61. The van der Waals surface area contributed by atoms with Crippen LogP contribution in [-0.4, -0.2) is 86.1 Å². The van der Waals surface area contributed by atoms with Crippen molar-refractivity contribution < 1.29 is 4.79 Å². The van der Waals surface area contributed by atoms with E-state index in [4.69, 9.17) is 0 Å². The lowest BCUT2D eigenvalue weighted by Gasteiger charge is -2.50. The highest BCUT2D eigenvalue weighted by Gasteiger charge is 2.39. The molecule has 178 valence electrons. The van der Waals surface area contributed by atoms with Crippen molar-refractivity contribution in [2.45, 2.75) is 89.3 Å². The van der Waals surface area contributed by atoms with Gasteiger partial charge in [-0.15, -0.1) is 0 Å². The molecule has 2 aliphatic heterocycles. The molecular formula is C24H46N6O. The summed E-state index contributed by atoms with van der Waals surface area (Å²) in [7, 11) is 4.10. The molecule has 0 aromatic carbocycles. The maximum absolute atomic E-state index is 12.5. The molecule has 7 heteroatoms. The van der Waals surface area contributed by atoms with E-state index in [2.05, 4.69) is 37.8 Å². The fraction of sp³-hybridized carbons (Fsp3) is 0.917. The first-order valence-corrected chi connectivity index (χ1v) is 12.6. The molecule has 3 N–H and O–H groups in total. The Balaban J connectivity index is 1.56. The van der Waals surface area contributed by atoms with E-state index < -0.39 is 0 Å². The predicted molar refractivity (Wildman–Crippen MR) is 128 cm³/mol. The highest BCUT2D eigenvalue weighted by atomic mass is 16.1. The van der Waals surface area contributed by atoms with Gasteiger partial charge in [-0.25, -0.2) is 0 Å². The third kappa shape index (κ3) is 6.82. The second kappa shape index (κ2) is 11.5. The summed E-state index contributed by atoms with van der Waals surface area (Å²) < 4.78 is 0. The predicted octanol–water partition coefficient (Wildman–Crippen LogP) is 2.19. The van der Waals surface area contributed by atoms with Crippen molar-refractivity contribution in [3.05, 3.63) is 0 Å². The zero-order chi connectivity index (χ0) is 22.3. The molecule has 0 aromatic rings. The Morgan fingerprint density at radius 1 is 1.06 bits per heavy atom. The van der Waals surface area contributed by atoms with Gasteiger partial charge < -0.3 is 20.9 Å². The van der Waals surface area contributed by atoms with Gasteiger partial charge in [0.15, 0.2) is 5.96 Å². The van der Waals surface area contributed by atoms with Crippen LogP contribution in [0.1, 0.15) is 71.6 Å². The van der Waals surface area contributed by atoms with E-state index >= 15 is 0 Å². The standard InChI is InChI=1S/C24H46N6O/c1-19(2)27-22(31)20-9-8-10-21(17-20)28-23(25-3)26-18-24(11-15-29(4)16-12-24)30-13-6-5-7-14-30/h19-21H,5-18H2,1-4H3,(H,27,31)(H2,25,26,28). The van der Waals surface area contributed by atoms with Crippen LogP contribution < -0.4 is 16.0 Å². The summed E-state index contributed by atoms with van der Waals surface area (Å²) >= 11 is 0. The minimum atomic E-state index is 0.111. The lowest BCUT2D eigenvalue weighted by Crippen LogP contribution is -2.62. The molecule has 0 aromatic heterocycles. The molecule has 1 amide bonds. The van der Waals surface area contributed by atoms with Gasteiger partial charge >= 0.3 is 0 Å². The molecule has 3 fully saturated rings. The van der Waals surface area contributed by atoms with Gasteiger partial charge in [0.1, 0.15) is 0 Å². The summed E-state index contributed by atoms with van der Waals surface area (Å²) in [5.41, 5.74) is 0.233. The number of hydrogen-bond donors (Lipinski definition) is 3. The summed E-state index contributed by atoms with van der Waals surface area (Å²) in [5.74, 6) is 1.21. The van der Waals surface area contributed by atoms with Gasteiger partial charge in [-0.3, -0.25) is 14.7 Å². The van der Waals surface area contributed by atoms with Crippen molar-refractivity contribution in [3.63, 3.8) is 0 Å². The van der Waals surface area contributed by atoms with E-state index in [0.29, 0.717) is 6.04 Å². The number of hydrogen-bond acceptors (Lipinski definition) is 4. The average molecular weight is 435 g/mol. The van der Waals surface area contributed by atoms with Crippen LogP contribution >= 0.6 is 0 Å². The lowest BCUT2D eigenvalue weighted by molar-refractivity contribution is -0.126. The van der Waals surface area contributed by atoms with Crippen molar-refractivity contribution in [2.75, 3.05) is 46.8 Å². The minimum Gasteiger partial charge on any atom is -0.355 e. The Labute approximate surface area is 189 Å². The second-order valence-corrected chi connectivity index (χ2v) is 10.4. The molecule has 3 rings (SSSR count). The number of carbonyl (C=O) groups excluding carboxylic acids is 1. The lowest BCUT2D eigenvalue weighted by atomic mass is 9.84. The summed E-state index contributed by atoms with van der Waals surface area (Å²) in [4.78, 5) is 22.3. The summed E-state index contributed by atoms with van der Waals surface area (Å²) in [6, 6.07) is 0.516. The zero-order valence-corrected chi connectivity index (χ0v) is 20.4. The molecule has 2 atom stereocenters. The highest BCUT2D eigenvalue weighted by Crippen LogP contribution is 2.31. The number of likely N-dealkylation sites (tertiary alicyclic amines) is 2. The normalized spacial score (nSPS) is 28.4. The number of aliphatic imine (C=N–C) groups is 1. The first-order chi connectivity index (χ1) is 14.9. The summed E-state index contributed by atoms with van der Waals surface area (Å²) in [5, 5.41) is 10.4. The maximum atomic E-state index is 12.5. The van der Waals surface area contributed by atoms with Crippen molar-refractivity contribution in [3.8, 4) is 0 Å². The molecular weight excluding hydrogens is 388 g/mol. The SMILES string of the molecule is CN=C(NCC1(N2CCCCC2)CCN(C)CC1)NC1CCCC(C(=O)NC(C)C)C1. The quantitative estimate of drug-likeness (QED) is 0.442. The van der Waals surface area contributed by atoms with Gasteiger partial charge in [-0.2, -0.15) is 0 Å². The first kappa shape index (κ1) is 24.3. The molecule has 1 aliphatic carbocycles. The van der Waals surface area contributed by atoms with Crippen LogP contribution in [0.3, 0.4) is 0 Å². The van der Waals surface area contributed by atoms with Gasteiger partial charge in [-0.1, -0.05) is 12.8 Å². The largest absolute Gasteiger partial charge is 0.355 e. The Hall–Kier alpha value is -1.34. The highest BCUT2D eigenvalue weighted by molar-refractivity contribution is 5.81. The van der Waals surface area contributed by atoms with Crippen LogP contribution in [0.2, 0.25) is 0 Å². The summed E-state index contributed by atoms with van der Waals surface area (Å²) in [6.45, 7) is 9.80. The number of guanidine groups is 1. The molecule has 2 unspecified atom stereocenters. The van der Waals surface area contributed by atoms with Crippen molar-refractivity contribution in [1.82, 2.24) is 25.8 Å². The number of carbonyl (C=O) groups is 1. The molecule has 0 spiro atoms. The van der Waals surface area contributed by atoms with Crippen LogP contribution in [0.25, 0.3) is 0 Å². The van der Waals surface area contributed by atoms with E-state index in [1.165, 1.54) is 58.3 Å². The maximum Gasteiger partial charge on any atom is 0.223 e. The van der Waals surface area contributed by atoms with E-state index in [1.807, 2.05) is 20.9 Å². The monoisotopic (exact) mass is 434 g/mol. The molecule has 2 heterocycles. The molecule has 3 aliphatic rings. The second-order valence-electron chi connectivity index (χ2n) is 10.4. The van der Waals surface area contributed by atoms with E-state index in [-0.39, 0.29) is 23.4 Å². The fourth-order valence-electron chi connectivity index (χ4n) is 5.61. The molecule has 0 radical (unpaired) electrons. The van der Waals surface area contributed by atoms with Gasteiger partial charge in [-0.05, 0) is 92.0 Å². The Morgan fingerprint density at radius 3 is 2.42 bits per heavy atom. The van der Waals surface area contributed by atoms with Crippen molar-refractivity contribution in [1.29, 1.82) is 0 Å². The van der Waals surface area contributed by atoms with E-state index in [0.717, 1.165) is 38.2 Å². The smallest absolute Gasteiger partial charge is 0.223 e. The van der Waals surface area contributed by atoms with E-state index in [1.54, 1.807) is 0 Å². The van der Waals surface area contributed by atoms with Crippen LogP contribution in [0, 0.1) is 5.92 Å². The van der Waals surface area contributed by atoms with Crippen molar-refractivity contribution in [2.24, 2.45) is 10.9 Å². The zero-order valence-electron chi connectivity index (χ0n) is 20.4. The Morgan fingerprint density at radius 2 is 1.77 bits per heavy atom. The number of nitrogens with one attached hydrogen (secondary N) is 3. The Kier molecular flexibility index (Phi) is 9.02. The molecule has 0 bridgehead atoms.